The fraction of sp³-hybridized carbons (Fsp3) is 0.333. The van der Waals surface area contributed by atoms with Crippen molar-refractivity contribution in [1.29, 1.82) is 0 Å². The number of halogens is 3. The second kappa shape index (κ2) is 7.45. The molecule has 0 spiro atoms. The molecule has 1 N–H and O–H groups in total. The molecule has 0 fully saturated rings. The predicted molar refractivity (Wildman–Crippen MR) is 87.4 cm³/mol. The van der Waals surface area contributed by atoms with Gasteiger partial charge < -0.3 is 10.1 Å². The van der Waals surface area contributed by atoms with Crippen LogP contribution in [-0.2, 0) is 0 Å². The molecule has 2 rings (SSSR count). The topological polar surface area (TPSA) is 21.3 Å². The fourth-order valence-electron chi connectivity index (χ4n) is 2.18. The van der Waals surface area contributed by atoms with Crippen molar-refractivity contribution in [3.05, 3.63) is 49.9 Å². The van der Waals surface area contributed by atoms with Gasteiger partial charge in [-0.15, -0.1) is 11.3 Å². The quantitative estimate of drug-likeness (QED) is 0.766. The van der Waals surface area contributed by atoms with Crippen LogP contribution < -0.4 is 10.1 Å². The van der Waals surface area contributed by atoms with Crippen molar-refractivity contribution in [2.45, 2.75) is 19.4 Å². The van der Waals surface area contributed by atoms with E-state index >= 15 is 0 Å². The number of hydrogen-bond acceptors (Lipinski definition) is 3. The Kier molecular flexibility index (Phi) is 5.88. The van der Waals surface area contributed by atoms with Gasteiger partial charge in [0.1, 0.15) is 11.6 Å². The van der Waals surface area contributed by atoms with Gasteiger partial charge in [-0.05, 0) is 31.2 Å². The lowest BCUT2D eigenvalue weighted by atomic mass is 9.99. The van der Waals surface area contributed by atoms with Crippen LogP contribution in [0.5, 0.6) is 5.75 Å². The highest BCUT2D eigenvalue weighted by molar-refractivity contribution is 7.20. The molecular formula is C15H16Cl2FNOS. The summed E-state index contributed by atoms with van der Waals surface area (Å²) in [5.41, 5.74) is 1.22. The average Bonchev–Trinajstić information content (AvgIpc) is 2.79. The van der Waals surface area contributed by atoms with E-state index in [0.29, 0.717) is 20.0 Å². The standard InChI is InChI=1S/C15H16Cl2FNOS/c1-3-7-19-14(9-8-12(16)21-15(9)17)13-10(18)5-4-6-11(13)20-2/h4-6,8,14,19H,3,7H2,1-2H3. The lowest BCUT2D eigenvalue weighted by Gasteiger charge is -2.21. The van der Waals surface area contributed by atoms with Gasteiger partial charge in [-0.2, -0.15) is 0 Å². The van der Waals surface area contributed by atoms with Gasteiger partial charge in [0.2, 0.25) is 0 Å². The molecule has 0 saturated heterocycles. The largest absolute Gasteiger partial charge is 0.496 e. The normalized spacial score (nSPS) is 12.4. The van der Waals surface area contributed by atoms with Crippen molar-refractivity contribution in [2.75, 3.05) is 13.7 Å². The Hall–Kier alpha value is -0.810. The fourth-order valence-corrected chi connectivity index (χ4v) is 3.71. The Labute approximate surface area is 137 Å². The monoisotopic (exact) mass is 347 g/mol. The minimum Gasteiger partial charge on any atom is -0.496 e. The van der Waals surface area contributed by atoms with E-state index in [4.69, 9.17) is 27.9 Å². The van der Waals surface area contributed by atoms with Crippen molar-refractivity contribution in [3.63, 3.8) is 0 Å². The molecule has 1 aromatic heterocycles. The summed E-state index contributed by atoms with van der Waals surface area (Å²) in [6, 6.07) is 6.16. The third-order valence-corrected chi connectivity index (χ3v) is 4.63. The molecule has 0 aliphatic rings. The third-order valence-electron chi connectivity index (χ3n) is 3.11. The number of nitrogens with one attached hydrogen (secondary N) is 1. The molecule has 2 nitrogen and oxygen atoms in total. The molecule has 1 aromatic carbocycles. The summed E-state index contributed by atoms with van der Waals surface area (Å²) in [5, 5.41) is 3.32. The van der Waals surface area contributed by atoms with E-state index in [1.165, 1.54) is 24.5 Å². The molecule has 2 aromatic rings. The minimum atomic E-state index is -0.391. The van der Waals surface area contributed by atoms with E-state index in [-0.39, 0.29) is 5.82 Å². The average molecular weight is 348 g/mol. The van der Waals surface area contributed by atoms with Crippen LogP contribution in [0, 0.1) is 5.82 Å². The first-order valence-electron chi connectivity index (χ1n) is 6.59. The summed E-state index contributed by atoms with van der Waals surface area (Å²) < 4.78 is 20.8. The molecule has 114 valence electrons. The van der Waals surface area contributed by atoms with Gasteiger partial charge in [0.15, 0.2) is 0 Å². The van der Waals surface area contributed by atoms with Crippen LogP contribution in [0.4, 0.5) is 4.39 Å². The number of hydrogen-bond donors (Lipinski definition) is 1. The van der Waals surface area contributed by atoms with Gasteiger partial charge in [-0.3, -0.25) is 0 Å². The lowest BCUT2D eigenvalue weighted by molar-refractivity contribution is 0.396. The smallest absolute Gasteiger partial charge is 0.132 e. The van der Waals surface area contributed by atoms with Crippen LogP contribution in [-0.4, -0.2) is 13.7 Å². The maximum Gasteiger partial charge on any atom is 0.132 e. The molecule has 0 bridgehead atoms. The molecular weight excluding hydrogens is 332 g/mol. The third kappa shape index (κ3) is 3.69. The Morgan fingerprint density at radius 3 is 2.71 bits per heavy atom. The van der Waals surface area contributed by atoms with E-state index in [1.54, 1.807) is 18.2 Å². The molecule has 0 amide bonds. The first kappa shape index (κ1) is 16.6. The van der Waals surface area contributed by atoms with Gasteiger partial charge in [-0.1, -0.05) is 36.2 Å². The zero-order chi connectivity index (χ0) is 15.4. The Morgan fingerprint density at radius 1 is 1.38 bits per heavy atom. The van der Waals surface area contributed by atoms with Crippen molar-refractivity contribution in [2.24, 2.45) is 0 Å². The summed E-state index contributed by atoms with van der Waals surface area (Å²) in [6.07, 6.45) is 0.919. The molecule has 6 heteroatoms. The van der Waals surface area contributed by atoms with Crippen molar-refractivity contribution >= 4 is 34.5 Å². The van der Waals surface area contributed by atoms with E-state index < -0.39 is 6.04 Å². The molecule has 1 unspecified atom stereocenters. The van der Waals surface area contributed by atoms with Gasteiger partial charge in [0.05, 0.1) is 27.4 Å². The van der Waals surface area contributed by atoms with Crippen molar-refractivity contribution in [3.8, 4) is 5.75 Å². The zero-order valence-electron chi connectivity index (χ0n) is 11.8. The molecule has 1 heterocycles. The van der Waals surface area contributed by atoms with Crippen LogP contribution in [0.2, 0.25) is 8.67 Å². The second-order valence-corrected chi connectivity index (χ2v) is 6.81. The van der Waals surface area contributed by atoms with E-state index in [1.807, 2.05) is 6.92 Å². The summed E-state index contributed by atoms with van der Waals surface area (Å²) in [4.78, 5) is 0. The highest BCUT2D eigenvalue weighted by Crippen LogP contribution is 2.40. The van der Waals surface area contributed by atoms with E-state index in [0.717, 1.165) is 18.5 Å². The summed E-state index contributed by atoms with van der Waals surface area (Å²) in [6.45, 7) is 2.77. The van der Waals surface area contributed by atoms with Crippen LogP contribution in [0.1, 0.15) is 30.5 Å². The molecule has 0 radical (unpaired) electrons. The Morgan fingerprint density at radius 2 is 2.14 bits per heavy atom. The first-order chi connectivity index (χ1) is 10.1. The van der Waals surface area contributed by atoms with Crippen LogP contribution in [0.3, 0.4) is 0 Å². The van der Waals surface area contributed by atoms with Crippen molar-refractivity contribution in [1.82, 2.24) is 5.32 Å². The van der Waals surface area contributed by atoms with Crippen LogP contribution >= 0.6 is 34.5 Å². The van der Waals surface area contributed by atoms with Gasteiger partial charge in [-0.25, -0.2) is 4.39 Å². The second-order valence-electron chi connectivity index (χ2n) is 4.52. The highest BCUT2D eigenvalue weighted by Gasteiger charge is 2.25. The van der Waals surface area contributed by atoms with Gasteiger partial charge in [0, 0.05) is 5.56 Å². The van der Waals surface area contributed by atoms with E-state index in [9.17, 15) is 4.39 Å². The first-order valence-corrected chi connectivity index (χ1v) is 8.16. The summed E-state index contributed by atoms with van der Waals surface area (Å²) >= 11 is 13.5. The van der Waals surface area contributed by atoms with E-state index in [2.05, 4.69) is 5.32 Å². The lowest BCUT2D eigenvalue weighted by Crippen LogP contribution is -2.24. The molecule has 21 heavy (non-hydrogen) atoms. The molecule has 0 aliphatic heterocycles. The summed E-state index contributed by atoms with van der Waals surface area (Å²) in [5.74, 6) is 0.156. The maximum atomic E-state index is 14.3. The Balaban J connectivity index is 2.53. The highest BCUT2D eigenvalue weighted by atomic mass is 35.5. The summed E-state index contributed by atoms with van der Waals surface area (Å²) in [7, 11) is 1.53. The molecule has 0 aliphatic carbocycles. The van der Waals surface area contributed by atoms with Gasteiger partial charge in [0.25, 0.3) is 0 Å². The molecule has 1 atom stereocenters. The van der Waals surface area contributed by atoms with Crippen molar-refractivity contribution < 1.29 is 9.13 Å². The maximum absolute atomic E-state index is 14.3. The predicted octanol–water partition coefficient (Wildman–Crippen LogP) is 5.29. The zero-order valence-corrected chi connectivity index (χ0v) is 14.1. The van der Waals surface area contributed by atoms with Crippen LogP contribution in [0.15, 0.2) is 24.3 Å². The number of rotatable bonds is 6. The molecule has 0 saturated carbocycles. The number of ether oxygens (including phenoxy) is 1. The number of thiophene rings is 1. The Bertz CT molecular complexity index is 618. The van der Waals surface area contributed by atoms with Gasteiger partial charge >= 0.3 is 0 Å². The number of methoxy groups -OCH3 is 1. The SMILES string of the molecule is CCCNC(c1cc(Cl)sc1Cl)c1c(F)cccc1OC. The number of benzene rings is 1. The van der Waals surface area contributed by atoms with Crippen LogP contribution in [0.25, 0.3) is 0 Å². The minimum absolute atomic E-state index is 0.332.